The molecule has 2 heterocycles. The Morgan fingerprint density at radius 1 is 1.19 bits per heavy atom. The summed E-state index contributed by atoms with van der Waals surface area (Å²) in [5, 5.41) is 4.55. The Morgan fingerprint density at radius 3 is 2.74 bits per heavy atom. The van der Waals surface area contributed by atoms with E-state index in [1.165, 1.54) is 0 Å². The number of aromatic nitrogens is 2. The van der Waals surface area contributed by atoms with Gasteiger partial charge in [-0.3, -0.25) is 9.48 Å². The Kier molecular flexibility index (Phi) is 6.18. The summed E-state index contributed by atoms with van der Waals surface area (Å²) in [7, 11) is 5.20. The number of ether oxygens (including phenoxy) is 3. The fourth-order valence-electron chi connectivity index (χ4n) is 3.57. The molecule has 2 aromatic carbocycles. The van der Waals surface area contributed by atoms with E-state index in [1.807, 2.05) is 36.4 Å². The van der Waals surface area contributed by atoms with E-state index in [-0.39, 0.29) is 5.91 Å². The minimum Gasteiger partial charge on any atom is -0.496 e. The molecule has 31 heavy (non-hydrogen) atoms. The Labute approximate surface area is 189 Å². The van der Waals surface area contributed by atoms with Crippen molar-refractivity contribution in [3.05, 3.63) is 58.2 Å². The number of halogens is 1. The lowest BCUT2D eigenvalue weighted by atomic mass is 10.1. The zero-order valence-electron chi connectivity index (χ0n) is 17.7. The van der Waals surface area contributed by atoms with Crippen LogP contribution in [0.15, 0.2) is 47.1 Å². The maximum absolute atomic E-state index is 13.3. The van der Waals surface area contributed by atoms with Gasteiger partial charge in [-0.1, -0.05) is 15.9 Å². The van der Waals surface area contributed by atoms with Gasteiger partial charge in [-0.15, -0.1) is 0 Å². The molecule has 1 aromatic heterocycles. The highest BCUT2D eigenvalue weighted by atomic mass is 79.9. The molecule has 0 bridgehead atoms. The standard InChI is InChI=1S/C23H24BrN3O4/c1-26(13-16-11-17(24)6-8-19(16)29-3)23(28)18-14-27(2)25-22(18)15-5-7-20-21(12-15)31-10-4-9-30-20/h5-8,11-12,14H,4,9-10,13H2,1-3H3. The first-order chi connectivity index (χ1) is 15.0. The molecule has 4 rings (SSSR count). The highest BCUT2D eigenvalue weighted by molar-refractivity contribution is 9.10. The third kappa shape index (κ3) is 4.54. The molecular weight excluding hydrogens is 462 g/mol. The van der Waals surface area contributed by atoms with Gasteiger partial charge < -0.3 is 19.1 Å². The molecule has 1 aliphatic heterocycles. The van der Waals surface area contributed by atoms with E-state index in [1.54, 1.807) is 37.0 Å². The molecule has 0 saturated carbocycles. The van der Waals surface area contributed by atoms with E-state index in [0.717, 1.165) is 27.8 Å². The molecule has 8 heteroatoms. The van der Waals surface area contributed by atoms with E-state index < -0.39 is 0 Å². The molecule has 1 aliphatic rings. The van der Waals surface area contributed by atoms with Crippen LogP contribution in [-0.4, -0.2) is 48.0 Å². The predicted molar refractivity (Wildman–Crippen MR) is 121 cm³/mol. The molecule has 162 valence electrons. The second-order valence-electron chi connectivity index (χ2n) is 7.39. The maximum Gasteiger partial charge on any atom is 0.257 e. The van der Waals surface area contributed by atoms with Crippen molar-refractivity contribution >= 4 is 21.8 Å². The summed E-state index contributed by atoms with van der Waals surface area (Å²) in [5.41, 5.74) is 2.85. The van der Waals surface area contributed by atoms with Crippen LogP contribution in [0.2, 0.25) is 0 Å². The smallest absolute Gasteiger partial charge is 0.257 e. The quantitative estimate of drug-likeness (QED) is 0.539. The van der Waals surface area contributed by atoms with Gasteiger partial charge in [0.15, 0.2) is 11.5 Å². The average molecular weight is 486 g/mol. The van der Waals surface area contributed by atoms with Gasteiger partial charge in [0, 0.05) is 48.9 Å². The van der Waals surface area contributed by atoms with Crippen molar-refractivity contribution in [2.45, 2.75) is 13.0 Å². The molecule has 0 aliphatic carbocycles. The van der Waals surface area contributed by atoms with Gasteiger partial charge >= 0.3 is 0 Å². The van der Waals surface area contributed by atoms with Crippen molar-refractivity contribution in [3.8, 4) is 28.5 Å². The van der Waals surface area contributed by atoms with Crippen LogP contribution >= 0.6 is 15.9 Å². The molecule has 0 fully saturated rings. The minimum absolute atomic E-state index is 0.128. The summed E-state index contributed by atoms with van der Waals surface area (Å²) < 4.78 is 19.6. The number of rotatable bonds is 5. The van der Waals surface area contributed by atoms with Crippen LogP contribution in [0.3, 0.4) is 0 Å². The average Bonchev–Trinajstić information content (AvgIpc) is 2.99. The molecule has 7 nitrogen and oxygen atoms in total. The number of carbonyl (C=O) groups is 1. The van der Waals surface area contributed by atoms with E-state index in [2.05, 4.69) is 21.0 Å². The lowest BCUT2D eigenvalue weighted by molar-refractivity contribution is 0.0785. The van der Waals surface area contributed by atoms with Crippen molar-refractivity contribution < 1.29 is 19.0 Å². The molecule has 0 radical (unpaired) electrons. The van der Waals surface area contributed by atoms with Crippen LogP contribution in [0.5, 0.6) is 17.2 Å². The summed E-state index contributed by atoms with van der Waals surface area (Å²) in [4.78, 5) is 15.0. The lowest BCUT2D eigenvalue weighted by Gasteiger charge is -2.19. The van der Waals surface area contributed by atoms with Crippen molar-refractivity contribution in [2.75, 3.05) is 27.4 Å². The van der Waals surface area contributed by atoms with Crippen molar-refractivity contribution in [3.63, 3.8) is 0 Å². The molecule has 0 unspecified atom stereocenters. The Balaban J connectivity index is 1.63. The van der Waals surface area contributed by atoms with Gasteiger partial charge in [-0.2, -0.15) is 5.10 Å². The third-order valence-corrected chi connectivity index (χ3v) is 5.57. The second kappa shape index (κ2) is 9.01. The molecule has 3 aromatic rings. The Bertz CT molecular complexity index is 1110. The first kappa shape index (κ1) is 21.2. The van der Waals surface area contributed by atoms with Crippen LogP contribution in [-0.2, 0) is 13.6 Å². The topological polar surface area (TPSA) is 65.8 Å². The van der Waals surface area contributed by atoms with Crippen molar-refractivity contribution in [1.29, 1.82) is 0 Å². The number of amides is 1. The van der Waals surface area contributed by atoms with E-state index in [0.29, 0.717) is 42.5 Å². The first-order valence-corrected chi connectivity index (χ1v) is 10.8. The van der Waals surface area contributed by atoms with Crippen LogP contribution in [0, 0.1) is 0 Å². The number of hydrogen-bond acceptors (Lipinski definition) is 5. The van der Waals surface area contributed by atoms with Gasteiger partial charge in [-0.25, -0.2) is 0 Å². The van der Waals surface area contributed by atoms with Gasteiger partial charge in [0.2, 0.25) is 0 Å². The number of carbonyl (C=O) groups excluding carboxylic acids is 1. The number of hydrogen-bond donors (Lipinski definition) is 0. The summed E-state index contributed by atoms with van der Waals surface area (Å²) >= 11 is 3.48. The highest BCUT2D eigenvalue weighted by Crippen LogP contribution is 2.35. The zero-order valence-corrected chi connectivity index (χ0v) is 19.3. The monoisotopic (exact) mass is 485 g/mol. The second-order valence-corrected chi connectivity index (χ2v) is 8.31. The van der Waals surface area contributed by atoms with Gasteiger partial charge in [0.1, 0.15) is 11.4 Å². The molecule has 0 atom stereocenters. The first-order valence-electron chi connectivity index (χ1n) is 9.98. The molecule has 1 amide bonds. The maximum atomic E-state index is 13.3. The van der Waals surface area contributed by atoms with E-state index in [9.17, 15) is 4.79 Å². The lowest BCUT2D eigenvalue weighted by Crippen LogP contribution is -2.26. The Hall–Kier alpha value is -3.00. The SMILES string of the molecule is COc1ccc(Br)cc1CN(C)C(=O)c1cn(C)nc1-c1ccc2c(c1)OCCCO2. The van der Waals surface area contributed by atoms with Gasteiger partial charge in [0.25, 0.3) is 5.91 Å². The predicted octanol–water partition coefficient (Wildman–Crippen LogP) is 4.29. The minimum atomic E-state index is -0.128. The van der Waals surface area contributed by atoms with E-state index >= 15 is 0 Å². The molecule has 0 spiro atoms. The largest absolute Gasteiger partial charge is 0.496 e. The third-order valence-electron chi connectivity index (χ3n) is 5.08. The van der Waals surface area contributed by atoms with Gasteiger partial charge in [-0.05, 0) is 36.4 Å². The number of fused-ring (bicyclic) bond motifs is 1. The molecular formula is C23H24BrN3O4. The van der Waals surface area contributed by atoms with Crippen molar-refractivity contribution in [2.24, 2.45) is 7.05 Å². The zero-order chi connectivity index (χ0) is 22.0. The Morgan fingerprint density at radius 2 is 1.97 bits per heavy atom. The van der Waals surface area contributed by atoms with Crippen LogP contribution in [0.4, 0.5) is 0 Å². The fraction of sp³-hybridized carbons (Fsp3) is 0.304. The summed E-state index contributed by atoms with van der Waals surface area (Å²) in [6.45, 7) is 1.63. The van der Waals surface area contributed by atoms with Gasteiger partial charge in [0.05, 0.1) is 25.9 Å². The number of benzene rings is 2. The number of methoxy groups -OCH3 is 1. The van der Waals surface area contributed by atoms with Crippen LogP contribution < -0.4 is 14.2 Å². The number of aryl methyl sites for hydroxylation is 1. The normalized spacial score (nSPS) is 12.9. The summed E-state index contributed by atoms with van der Waals surface area (Å²) in [6.07, 6.45) is 2.58. The summed E-state index contributed by atoms with van der Waals surface area (Å²) in [6, 6.07) is 11.4. The van der Waals surface area contributed by atoms with Crippen molar-refractivity contribution in [1.82, 2.24) is 14.7 Å². The fourth-order valence-corrected chi connectivity index (χ4v) is 3.98. The van der Waals surface area contributed by atoms with Crippen LogP contribution in [0.1, 0.15) is 22.3 Å². The summed E-state index contributed by atoms with van der Waals surface area (Å²) in [5.74, 6) is 1.99. The molecule has 0 N–H and O–H groups in total. The van der Waals surface area contributed by atoms with Crippen LogP contribution in [0.25, 0.3) is 11.3 Å². The van der Waals surface area contributed by atoms with E-state index in [4.69, 9.17) is 14.2 Å². The highest BCUT2D eigenvalue weighted by Gasteiger charge is 2.23. The number of nitrogens with zero attached hydrogens (tertiary/aromatic N) is 3. The molecule has 0 saturated heterocycles.